The number of hydrogen-bond acceptors (Lipinski definition) is 5. The van der Waals surface area contributed by atoms with Gasteiger partial charge < -0.3 is 31.5 Å². The van der Waals surface area contributed by atoms with Gasteiger partial charge in [0.05, 0.1) is 17.2 Å². The van der Waals surface area contributed by atoms with Crippen molar-refractivity contribution in [2.24, 2.45) is 11.7 Å². The van der Waals surface area contributed by atoms with E-state index < -0.39 is 29.4 Å². The molecule has 3 aliphatic heterocycles. The first kappa shape index (κ1) is 30.4. The van der Waals surface area contributed by atoms with Crippen LogP contribution < -0.4 is 16.8 Å². The number of nitrogens with two attached hydrogens (primary N) is 2. The molecule has 0 radical (unpaired) electrons. The van der Waals surface area contributed by atoms with Gasteiger partial charge in [0.15, 0.2) is 0 Å². The minimum Gasteiger partial charge on any atom is -0.397 e. The molecule has 0 saturated carbocycles. The zero-order valence-corrected chi connectivity index (χ0v) is 24.1. The number of alkyl halides is 3. The Balaban J connectivity index is 1.48. The molecule has 0 bridgehead atoms. The molecule has 3 saturated heterocycles. The number of carbonyl (C=O) groups is 3. The summed E-state index contributed by atoms with van der Waals surface area (Å²) in [6, 6.07) is 2.17. The molecule has 4 rings (SSSR count). The Morgan fingerprint density at radius 3 is 2.15 bits per heavy atom. The van der Waals surface area contributed by atoms with Crippen LogP contribution in [-0.2, 0) is 22.2 Å². The van der Waals surface area contributed by atoms with Crippen LogP contribution in [0.5, 0.6) is 0 Å². The third kappa shape index (κ3) is 7.59. The predicted octanol–water partition coefficient (Wildman–Crippen LogP) is 3.35. The average molecular weight is 632 g/mol. The highest BCUT2D eigenvalue weighted by Crippen LogP contribution is 2.38. The molecule has 3 heterocycles. The second kappa shape index (κ2) is 13.0. The summed E-state index contributed by atoms with van der Waals surface area (Å²) < 4.78 is 41.0. The van der Waals surface area contributed by atoms with E-state index in [2.05, 4.69) is 26.1 Å². The van der Waals surface area contributed by atoms with Gasteiger partial charge in [-0.05, 0) is 91.7 Å². The van der Waals surface area contributed by atoms with E-state index in [-0.39, 0.29) is 40.7 Å². The molecule has 222 valence electrons. The summed E-state index contributed by atoms with van der Waals surface area (Å²) in [6.07, 6.45) is 0.372. The van der Waals surface area contributed by atoms with Crippen molar-refractivity contribution in [1.82, 2.24) is 20.0 Å². The fourth-order valence-electron chi connectivity index (χ4n) is 6.19. The van der Waals surface area contributed by atoms with E-state index in [4.69, 9.17) is 11.5 Å². The largest absolute Gasteiger partial charge is 0.418 e. The van der Waals surface area contributed by atoms with Gasteiger partial charge in [-0.3, -0.25) is 9.59 Å². The highest BCUT2D eigenvalue weighted by Gasteiger charge is 2.37. The maximum absolute atomic E-state index is 13.8. The molecule has 3 fully saturated rings. The monoisotopic (exact) mass is 630 g/mol. The average Bonchev–Trinajstić information content (AvgIpc) is 3.44. The van der Waals surface area contributed by atoms with Crippen molar-refractivity contribution >= 4 is 39.5 Å². The Hall–Kier alpha value is -2.54. The molecule has 1 atom stereocenters. The van der Waals surface area contributed by atoms with Crippen LogP contribution >= 0.6 is 15.9 Å². The minimum atomic E-state index is -4.65. The third-order valence-corrected chi connectivity index (χ3v) is 9.03. The molecule has 5 N–H and O–H groups in total. The highest BCUT2D eigenvalue weighted by atomic mass is 79.9. The number of halogens is 4. The number of anilines is 1. The second-order valence-electron chi connectivity index (χ2n) is 11.1. The molecule has 0 spiro atoms. The minimum absolute atomic E-state index is 0.0156. The van der Waals surface area contributed by atoms with E-state index in [1.165, 1.54) is 18.9 Å². The number of carbonyl (C=O) groups excluding carboxylic acids is 3. The number of amides is 4. The lowest BCUT2D eigenvalue weighted by Crippen LogP contribution is -2.50. The first-order valence-electron chi connectivity index (χ1n) is 13.9. The third-order valence-electron chi connectivity index (χ3n) is 8.37. The van der Waals surface area contributed by atoms with Gasteiger partial charge in [-0.2, -0.15) is 13.2 Å². The summed E-state index contributed by atoms with van der Waals surface area (Å²) >= 11 is 3.13. The van der Waals surface area contributed by atoms with Gasteiger partial charge in [0.2, 0.25) is 11.8 Å². The molecular weight excluding hydrogens is 593 g/mol. The number of nitrogen functional groups attached to an aromatic ring is 1. The Morgan fingerprint density at radius 1 is 0.975 bits per heavy atom. The summed E-state index contributed by atoms with van der Waals surface area (Å²) in [5.74, 6) is -1.25. The zero-order valence-electron chi connectivity index (χ0n) is 22.5. The quantitative estimate of drug-likeness (QED) is 0.399. The molecule has 3 aliphatic rings. The van der Waals surface area contributed by atoms with Crippen LogP contribution in [0.3, 0.4) is 0 Å². The SMILES string of the molecule is NC(=O)NC1CCN(C(=O)C[C@H](Cc2cc(Br)c(N)c(C(F)(F)F)c2)C(=O)N2CCC(N3CCCC3)CC2)CC1. The Labute approximate surface area is 240 Å². The number of primary amides is 1. The van der Waals surface area contributed by atoms with Gasteiger partial charge >= 0.3 is 12.2 Å². The van der Waals surface area contributed by atoms with Crippen molar-refractivity contribution in [2.75, 3.05) is 45.0 Å². The van der Waals surface area contributed by atoms with E-state index in [1.54, 1.807) is 9.80 Å². The molecule has 1 aromatic carbocycles. The summed E-state index contributed by atoms with van der Waals surface area (Å²) in [4.78, 5) is 44.1. The second-order valence-corrected chi connectivity index (χ2v) is 12.0. The molecule has 0 aromatic heterocycles. The number of benzene rings is 1. The maximum Gasteiger partial charge on any atom is 0.418 e. The van der Waals surface area contributed by atoms with E-state index in [1.807, 2.05) is 0 Å². The van der Waals surface area contributed by atoms with E-state index in [0.29, 0.717) is 45.1 Å². The highest BCUT2D eigenvalue weighted by molar-refractivity contribution is 9.10. The van der Waals surface area contributed by atoms with Gasteiger partial charge in [-0.25, -0.2) is 4.79 Å². The number of hydrogen-bond donors (Lipinski definition) is 3. The molecule has 9 nitrogen and oxygen atoms in total. The van der Waals surface area contributed by atoms with Crippen LogP contribution in [0.25, 0.3) is 0 Å². The molecule has 0 aliphatic carbocycles. The van der Waals surface area contributed by atoms with Crippen molar-refractivity contribution in [3.8, 4) is 0 Å². The van der Waals surface area contributed by atoms with Crippen LogP contribution in [0.1, 0.15) is 56.1 Å². The van der Waals surface area contributed by atoms with Crippen LogP contribution in [0.2, 0.25) is 0 Å². The predicted molar refractivity (Wildman–Crippen MR) is 148 cm³/mol. The number of nitrogens with one attached hydrogen (secondary N) is 1. The van der Waals surface area contributed by atoms with E-state index in [9.17, 15) is 27.6 Å². The summed E-state index contributed by atoms with van der Waals surface area (Å²) in [7, 11) is 0. The van der Waals surface area contributed by atoms with Gasteiger partial charge in [-0.1, -0.05) is 0 Å². The van der Waals surface area contributed by atoms with E-state index in [0.717, 1.165) is 32.0 Å². The molecule has 40 heavy (non-hydrogen) atoms. The van der Waals surface area contributed by atoms with E-state index >= 15 is 0 Å². The molecule has 13 heteroatoms. The fourth-order valence-corrected chi connectivity index (χ4v) is 6.70. The Bertz CT molecular complexity index is 1080. The number of rotatable bonds is 7. The van der Waals surface area contributed by atoms with Gasteiger partial charge in [0.1, 0.15) is 0 Å². The summed E-state index contributed by atoms with van der Waals surface area (Å²) in [6.45, 7) is 4.08. The smallest absolute Gasteiger partial charge is 0.397 e. The molecule has 1 aromatic rings. The van der Waals surface area contributed by atoms with Crippen LogP contribution in [0.15, 0.2) is 16.6 Å². The number of urea groups is 1. The summed E-state index contributed by atoms with van der Waals surface area (Å²) in [5, 5.41) is 2.66. The molecular formula is C27H38BrF3N6O3. The standard InChI is InChI=1S/C27H38BrF3N6O3/c28-22-15-17(14-21(24(22)32)27(29,30)31)13-18(16-23(38)36-9-3-19(4-10-36)34-26(33)40)25(39)37-11-5-20(6-12-37)35-7-1-2-8-35/h14-15,18-20H,1-13,16,32H2,(H3,33,34,40)/t18-/m0/s1. The van der Waals surface area contributed by atoms with Crippen molar-refractivity contribution in [2.45, 2.75) is 69.6 Å². The Morgan fingerprint density at radius 2 is 1.57 bits per heavy atom. The van der Waals surface area contributed by atoms with Crippen molar-refractivity contribution in [1.29, 1.82) is 0 Å². The molecule has 4 amide bonds. The van der Waals surface area contributed by atoms with Crippen molar-refractivity contribution < 1.29 is 27.6 Å². The van der Waals surface area contributed by atoms with Gasteiger partial charge in [0, 0.05) is 49.2 Å². The number of piperidine rings is 2. The van der Waals surface area contributed by atoms with Gasteiger partial charge in [0.25, 0.3) is 0 Å². The van der Waals surface area contributed by atoms with Gasteiger partial charge in [-0.15, -0.1) is 0 Å². The lowest BCUT2D eigenvalue weighted by Gasteiger charge is -2.38. The first-order chi connectivity index (χ1) is 18.9. The van der Waals surface area contributed by atoms with Crippen LogP contribution in [0.4, 0.5) is 23.7 Å². The van der Waals surface area contributed by atoms with Crippen LogP contribution in [0, 0.1) is 5.92 Å². The zero-order chi connectivity index (χ0) is 29.0. The Kier molecular flexibility index (Phi) is 9.86. The topological polar surface area (TPSA) is 125 Å². The fraction of sp³-hybridized carbons (Fsp3) is 0.667. The van der Waals surface area contributed by atoms with Crippen molar-refractivity contribution in [3.63, 3.8) is 0 Å². The lowest BCUT2D eigenvalue weighted by atomic mass is 9.91. The first-order valence-corrected chi connectivity index (χ1v) is 14.7. The lowest BCUT2D eigenvalue weighted by molar-refractivity contribution is -0.142. The van der Waals surface area contributed by atoms with Crippen LogP contribution in [-0.4, -0.2) is 83.9 Å². The summed E-state index contributed by atoms with van der Waals surface area (Å²) in [5.41, 5.74) is 9.80. The number of likely N-dealkylation sites (tertiary alicyclic amines) is 3. The molecule has 0 unspecified atom stereocenters. The number of nitrogens with zero attached hydrogens (tertiary/aromatic N) is 3. The van der Waals surface area contributed by atoms with Crippen molar-refractivity contribution in [3.05, 3.63) is 27.7 Å². The normalized spacial score (nSPS) is 20.5. The maximum atomic E-state index is 13.8.